The van der Waals surface area contributed by atoms with E-state index < -0.39 is 11.7 Å². The Kier molecular flexibility index (Phi) is 7.31. The molecular formula is C27H30FN3O4. The van der Waals surface area contributed by atoms with E-state index in [1.54, 1.807) is 31.5 Å². The van der Waals surface area contributed by atoms with E-state index in [9.17, 15) is 18.8 Å². The fraction of sp³-hybridized carbons (Fsp3) is 0.370. The highest BCUT2D eigenvalue weighted by molar-refractivity contribution is 6.43. The van der Waals surface area contributed by atoms with Crippen LogP contribution in [0.25, 0.3) is 10.9 Å². The number of benzene rings is 2. The Hall–Kier alpha value is -3.52. The molecule has 1 aliphatic rings. The van der Waals surface area contributed by atoms with E-state index in [4.69, 9.17) is 4.74 Å². The molecule has 0 N–H and O–H groups in total. The minimum absolute atomic E-state index is 0.103. The molecule has 2 aromatic carbocycles. The summed E-state index contributed by atoms with van der Waals surface area (Å²) in [6.45, 7) is 1.51. The van der Waals surface area contributed by atoms with E-state index in [0.29, 0.717) is 30.0 Å². The van der Waals surface area contributed by atoms with Gasteiger partial charge in [-0.2, -0.15) is 0 Å². The van der Waals surface area contributed by atoms with Gasteiger partial charge in [0.2, 0.25) is 5.78 Å². The first-order valence-corrected chi connectivity index (χ1v) is 11.7. The van der Waals surface area contributed by atoms with E-state index in [2.05, 4.69) is 0 Å². The van der Waals surface area contributed by atoms with Crippen LogP contribution in [0, 0.1) is 11.7 Å². The van der Waals surface area contributed by atoms with Crippen molar-refractivity contribution < 1.29 is 23.5 Å². The summed E-state index contributed by atoms with van der Waals surface area (Å²) in [4.78, 5) is 41.4. The van der Waals surface area contributed by atoms with Crippen molar-refractivity contribution in [3.05, 3.63) is 71.2 Å². The number of rotatable bonds is 7. The number of carbonyl (C=O) groups is 3. The first kappa shape index (κ1) is 24.6. The fourth-order valence-corrected chi connectivity index (χ4v) is 4.65. The zero-order valence-corrected chi connectivity index (χ0v) is 20.3. The van der Waals surface area contributed by atoms with Crippen LogP contribution >= 0.6 is 0 Å². The fourth-order valence-electron chi connectivity index (χ4n) is 4.65. The van der Waals surface area contributed by atoms with E-state index in [-0.39, 0.29) is 24.0 Å². The van der Waals surface area contributed by atoms with Crippen LogP contribution in [0.1, 0.15) is 39.1 Å². The first-order valence-electron chi connectivity index (χ1n) is 11.7. The summed E-state index contributed by atoms with van der Waals surface area (Å²) in [5, 5.41) is 0.623. The summed E-state index contributed by atoms with van der Waals surface area (Å²) in [5.74, 6) is -1.14. The average Bonchev–Trinajstić information content (AvgIpc) is 3.22. The second-order valence-corrected chi connectivity index (χ2v) is 9.26. The van der Waals surface area contributed by atoms with Crippen LogP contribution in [0.5, 0.6) is 0 Å². The molecule has 0 bridgehead atoms. The van der Waals surface area contributed by atoms with E-state index >= 15 is 0 Å². The lowest BCUT2D eigenvalue weighted by atomic mass is 9.90. The maximum absolute atomic E-state index is 13.5. The van der Waals surface area contributed by atoms with Gasteiger partial charge in [-0.15, -0.1) is 0 Å². The van der Waals surface area contributed by atoms with Gasteiger partial charge in [0, 0.05) is 51.4 Å². The van der Waals surface area contributed by atoms with Crippen LogP contribution < -0.4 is 0 Å². The summed E-state index contributed by atoms with van der Waals surface area (Å²) >= 11 is 0. The third-order valence-electron chi connectivity index (χ3n) is 6.58. The molecule has 0 saturated carbocycles. The van der Waals surface area contributed by atoms with Crippen LogP contribution in [0.2, 0.25) is 0 Å². The smallest absolute Gasteiger partial charge is 0.294 e. The molecule has 2 amide bonds. The van der Waals surface area contributed by atoms with Crippen molar-refractivity contribution in [2.45, 2.75) is 26.0 Å². The van der Waals surface area contributed by atoms with Crippen molar-refractivity contribution in [3.8, 4) is 0 Å². The molecule has 7 nitrogen and oxygen atoms in total. The Bertz CT molecular complexity index is 1240. The molecule has 3 aromatic rings. The molecule has 0 aliphatic carbocycles. The summed E-state index contributed by atoms with van der Waals surface area (Å²) in [6.07, 6.45) is 4.34. The molecule has 1 aliphatic heterocycles. The molecule has 184 valence electrons. The number of halogens is 1. The van der Waals surface area contributed by atoms with Crippen LogP contribution in [0.15, 0.2) is 48.7 Å². The Balaban J connectivity index is 1.54. The molecule has 8 heteroatoms. The van der Waals surface area contributed by atoms with Gasteiger partial charge in [0.05, 0.1) is 11.1 Å². The van der Waals surface area contributed by atoms with Crippen LogP contribution in [-0.4, -0.2) is 66.3 Å². The van der Waals surface area contributed by atoms with Crippen molar-refractivity contribution in [2.24, 2.45) is 5.92 Å². The van der Waals surface area contributed by atoms with Crippen molar-refractivity contribution in [3.63, 3.8) is 0 Å². The lowest BCUT2D eigenvalue weighted by molar-refractivity contribution is -0.124. The van der Waals surface area contributed by atoms with E-state index in [0.717, 1.165) is 30.3 Å². The third-order valence-corrected chi connectivity index (χ3v) is 6.58. The molecule has 0 unspecified atom stereocenters. The number of hydrogen-bond donors (Lipinski definition) is 0. The van der Waals surface area contributed by atoms with Gasteiger partial charge in [-0.1, -0.05) is 12.1 Å². The summed E-state index contributed by atoms with van der Waals surface area (Å²) in [5.41, 5.74) is 2.60. The number of aromatic nitrogens is 1. The molecule has 0 spiro atoms. The van der Waals surface area contributed by atoms with Gasteiger partial charge in [-0.05, 0) is 61.1 Å². The van der Waals surface area contributed by atoms with Crippen LogP contribution in [-0.2, 0) is 22.7 Å². The second kappa shape index (κ2) is 10.4. The lowest BCUT2D eigenvalue weighted by Crippen LogP contribution is -2.38. The molecule has 2 heterocycles. The number of likely N-dealkylation sites (N-methyl/N-ethyl adjacent to an activating group) is 1. The number of fused-ring (bicyclic) bond motifs is 1. The zero-order chi connectivity index (χ0) is 25.1. The van der Waals surface area contributed by atoms with E-state index in [1.807, 2.05) is 21.6 Å². The summed E-state index contributed by atoms with van der Waals surface area (Å²) in [7, 11) is 4.64. The number of Topliss-reactive ketones (excluding diaryl/α,β-unsaturated/α-hetero) is 1. The summed E-state index contributed by atoms with van der Waals surface area (Å²) < 4.78 is 20.3. The standard InChI is InChI=1S/C27H30FN3O4/c1-29(2)27(34)25(32)20-6-9-24-22(15-20)23(16-31(24)17-35-3)26(33)30-12-10-19(11-13-30)14-18-4-7-21(28)8-5-18/h4-9,15-16,19H,10-14,17H2,1-3H3. The average molecular weight is 480 g/mol. The number of ketones is 1. The Labute approximate surface area is 204 Å². The SMILES string of the molecule is COCn1cc(C(=O)N2CCC(Cc3ccc(F)cc3)CC2)c2cc(C(=O)C(=O)N(C)C)ccc21. The number of hydrogen-bond acceptors (Lipinski definition) is 4. The number of amides is 2. The molecule has 0 radical (unpaired) electrons. The summed E-state index contributed by atoms with van der Waals surface area (Å²) in [6, 6.07) is 11.6. The number of likely N-dealkylation sites (tertiary alicyclic amines) is 1. The van der Waals surface area contributed by atoms with Gasteiger partial charge in [0.25, 0.3) is 11.8 Å². The number of carbonyl (C=O) groups excluding carboxylic acids is 3. The molecular weight excluding hydrogens is 449 g/mol. The quantitative estimate of drug-likeness (QED) is 0.382. The van der Waals surface area contributed by atoms with E-state index in [1.165, 1.54) is 31.1 Å². The highest BCUT2D eigenvalue weighted by Gasteiger charge is 2.27. The zero-order valence-electron chi connectivity index (χ0n) is 20.3. The number of methoxy groups -OCH3 is 1. The highest BCUT2D eigenvalue weighted by Crippen LogP contribution is 2.28. The predicted molar refractivity (Wildman–Crippen MR) is 131 cm³/mol. The number of ether oxygens (including phenoxy) is 1. The molecule has 4 rings (SSSR count). The highest BCUT2D eigenvalue weighted by atomic mass is 19.1. The predicted octanol–water partition coefficient (Wildman–Crippen LogP) is 3.75. The van der Waals surface area contributed by atoms with Gasteiger partial charge in [0.1, 0.15) is 12.5 Å². The minimum Gasteiger partial charge on any atom is -0.364 e. The molecule has 0 atom stereocenters. The molecule has 35 heavy (non-hydrogen) atoms. The Morgan fingerprint density at radius 2 is 1.74 bits per heavy atom. The largest absolute Gasteiger partial charge is 0.364 e. The second-order valence-electron chi connectivity index (χ2n) is 9.26. The number of piperidine rings is 1. The van der Waals surface area contributed by atoms with Gasteiger partial charge >= 0.3 is 0 Å². The Morgan fingerprint density at radius 1 is 1.06 bits per heavy atom. The molecule has 1 aromatic heterocycles. The third kappa shape index (κ3) is 5.27. The molecule has 1 fully saturated rings. The monoisotopic (exact) mass is 479 g/mol. The number of nitrogens with zero attached hydrogens (tertiary/aromatic N) is 3. The minimum atomic E-state index is -0.614. The maximum atomic E-state index is 13.5. The normalized spacial score (nSPS) is 14.3. The van der Waals surface area contributed by atoms with Crippen LogP contribution in [0.4, 0.5) is 4.39 Å². The van der Waals surface area contributed by atoms with Gasteiger partial charge < -0.3 is 19.1 Å². The Morgan fingerprint density at radius 3 is 2.37 bits per heavy atom. The topological polar surface area (TPSA) is 71.8 Å². The van der Waals surface area contributed by atoms with Crippen molar-refractivity contribution in [1.82, 2.24) is 14.4 Å². The van der Waals surface area contributed by atoms with Crippen LogP contribution in [0.3, 0.4) is 0 Å². The van der Waals surface area contributed by atoms with Crippen molar-refractivity contribution >= 4 is 28.5 Å². The molecule has 1 saturated heterocycles. The van der Waals surface area contributed by atoms with Gasteiger partial charge in [-0.25, -0.2) is 4.39 Å². The van der Waals surface area contributed by atoms with Crippen molar-refractivity contribution in [2.75, 3.05) is 34.3 Å². The first-order chi connectivity index (χ1) is 16.8. The van der Waals surface area contributed by atoms with Gasteiger partial charge in [-0.3, -0.25) is 14.4 Å². The van der Waals surface area contributed by atoms with Gasteiger partial charge in [0.15, 0.2) is 0 Å². The lowest BCUT2D eigenvalue weighted by Gasteiger charge is -2.32. The van der Waals surface area contributed by atoms with Crippen molar-refractivity contribution in [1.29, 1.82) is 0 Å². The maximum Gasteiger partial charge on any atom is 0.294 e.